The number of amides is 2. The minimum atomic E-state index is -0.406. The number of anilines is 2. The molecule has 0 unspecified atom stereocenters. The highest BCUT2D eigenvalue weighted by Crippen LogP contribution is 2.38. The Morgan fingerprint density at radius 1 is 0.765 bits per heavy atom. The molecule has 1 aliphatic rings. The van der Waals surface area contributed by atoms with Crippen molar-refractivity contribution in [3.8, 4) is 0 Å². The Morgan fingerprint density at radius 3 is 2.29 bits per heavy atom. The van der Waals surface area contributed by atoms with E-state index in [1.165, 1.54) is 4.90 Å². The maximum absolute atomic E-state index is 13.8. The van der Waals surface area contributed by atoms with Crippen molar-refractivity contribution >= 4 is 51.1 Å². The molecule has 0 aromatic heterocycles. The number of aryl methyl sites for hydroxylation is 2. The lowest BCUT2D eigenvalue weighted by Crippen LogP contribution is -2.33. The van der Waals surface area contributed by atoms with Gasteiger partial charge in [-0.25, -0.2) is 4.90 Å². The van der Waals surface area contributed by atoms with Gasteiger partial charge in [-0.3, -0.25) is 9.59 Å². The molecule has 0 spiro atoms. The third-order valence-electron chi connectivity index (χ3n) is 6.41. The summed E-state index contributed by atoms with van der Waals surface area (Å²) >= 11 is 6.33. The normalized spacial score (nSPS) is 13.8. The Bertz CT molecular complexity index is 1510. The molecule has 34 heavy (non-hydrogen) atoms. The van der Waals surface area contributed by atoms with Gasteiger partial charge in [-0.1, -0.05) is 72.3 Å². The van der Waals surface area contributed by atoms with E-state index in [1.807, 2.05) is 81.4 Å². The van der Waals surface area contributed by atoms with Crippen molar-refractivity contribution in [2.24, 2.45) is 0 Å². The van der Waals surface area contributed by atoms with E-state index >= 15 is 0 Å². The predicted molar refractivity (Wildman–Crippen MR) is 139 cm³/mol. The van der Waals surface area contributed by atoms with E-state index in [1.54, 1.807) is 18.2 Å². The van der Waals surface area contributed by atoms with Crippen molar-refractivity contribution < 1.29 is 9.59 Å². The maximum atomic E-state index is 13.8. The highest BCUT2D eigenvalue weighted by Gasteiger charge is 2.41. The first-order chi connectivity index (χ1) is 16.4. The van der Waals surface area contributed by atoms with E-state index in [2.05, 4.69) is 5.32 Å². The molecule has 0 atom stereocenters. The van der Waals surface area contributed by atoms with Crippen LogP contribution in [0.2, 0.25) is 5.02 Å². The monoisotopic (exact) mass is 466 g/mol. The van der Waals surface area contributed by atoms with Gasteiger partial charge in [-0.2, -0.15) is 0 Å². The molecule has 0 bridgehead atoms. The third-order valence-corrected chi connectivity index (χ3v) is 6.82. The lowest BCUT2D eigenvalue weighted by molar-refractivity contribution is -0.120. The number of nitrogens with zero attached hydrogens (tertiary/aromatic N) is 1. The minimum Gasteiger partial charge on any atom is -0.350 e. The molecule has 168 valence electrons. The molecule has 0 fully saturated rings. The molecule has 5 heteroatoms. The molecular formula is C29H23ClN2O2. The molecule has 1 N–H and O–H groups in total. The fourth-order valence-electron chi connectivity index (χ4n) is 4.34. The van der Waals surface area contributed by atoms with Gasteiger partial charge in [-0.05, 0) is 66.6 Å². The van der Waals surface area contributed by atoms with Gasteiger partial charge in [0.15, 0.2) is 0 Å². The molecule has 0 saturated heterocycles. The van der Waals surface area contributed by atoms with Crippen molar-refractivity contribution in [3.63, 3.8) is 0 Å². The Hall–Kier alpha value is -3.89. The largest absolute Gasteiger partial charge is 0.350 e. The number of hydrogen-bond donors (Lipinski definition) is 1. The number of carbonyl (C=O) groups excluding carboxylic acids is 2. The third kappa shape index (κ3) is 3.57. The lowest BCUT2D eigenvalue weighted by Gasteiger charge is -2.18. The van der Waals surface area contributed by atoms with Crippen molar-refractivity contribution in [1.29, 1.82) is 0 Å². The fraction of sp³-hybridized carbons (Fsp3) is 0.103. The van der Waals surface area contributed by atoms with E-state index in [0.29, 0.717) is 27.4 Å². The number of hydrogen-bond acceptors (Lipinski definition) is 3. The zero-order valence-corrected chi connectivity index (χ0v) is 19.9. The zero-order valence-electron chi connectivity index (χ0n) is 19.1. The second-order valence-corrected chi connectivity index (χ2v) is 8.94. The SMILES string of the molecule is Cc1ccc(C2=C(Nc3cccc4ccccc34)C(=O)N(c3cccc(Cl)c3C)C2=O)cc1C. The second kappa shape index (κ2) is 8.47. The topological polar surface area (TPSA) is 49.4 Å². The average Bonchev–Trinajstić information content (AvgIpc) is 3.07. The Morgan fingerprint density at radius 2 is 1.50 bits per heavy atom. The summed E-state index contributed by atoms with van der Waals surface area (Å²) in [6.07, 6.45) is 0. The lowest BCUT2D eigenvalue weighted by atomic mass is 9.99. The van der Waals surface area contributed by atoms with Crippen molar-refractivity contribution in [2.45, 2.75) is 20.8 Å². The summed E-state index contributed by atoms with van der Waals surface area (Å²) in [5.41, 5.74) is 5.39. The molecule has 0 saturated carbocycles. The number of nitrogens with one attached hydrogen (secondary N) is 1. The molecule has 0 radical (unpaired) electrons. The second-order valence-electron chi connectivity index (χ2n) is 8.53. The van der Waals surface area contributed by atoms with Crippen molar-refractivity contribution in [2.75, 3.05) is 10.2 Å². The van der Waals surface area contributed by atoms with Crippen LogP contribution < -0.4 is 10.2 Å². The molecule has 1 aliphatic heterocycles. The van der Waals surface area contributed by atoms with Crippen LogP contribution in [0.15, 0.2) is 84.6 Å². The average molecular weight is 467 g/mol. The molecule has 4 aromatic carbocycles. The number of halogens is 1. The van der Waals surface area contributed by atoms with Crippen LogP contribution in [0.1, 0.15) is 22.3 Å². The van der Waals surface area contributed by atoms with Gasteiger partial charge in [0, 0.05) is 16.1 Å². The van der Waals surface area contributed by atoms with Crippen LogP contribution in [-0.2, 0) is 9.59 Å². The number of imide groups is 1. The summed E-state index contributed by atoms with van der Waals surface area (Å²) < 4.78 is 0. The number of carbonyl (C=O) groups is 2. The van der Waals surface area contributed by atoms with Gasteiger partial charge in [0.05, 0.1) is 11.3 Å². The van der Waals surface area contributed by atoms with Gasteiger partial charge in [0.25, 0.3) is 11.8 Å². The predicted octanol–water partition coefficient (Wildman–Crippen LogP) is 6.82. The quantitative estimate of drug-likeness (QED) is 0.336. The summed E-state index contributed by atoms with van der Waals surface area (Å²) in [6.45, 7) is 5.83. The standard InChI is InChI=1S/C29H23ClN2O2/c1-17-14-15-21(16-18(17)2)26-27(31-24-12-6-9-20-8-4-5-10-22(20)24)29(34)32(28(26)33)25-13-7-11-23(30)19(25)3/h4-16,31H,1-3H3. The molecule has 1 heterocycles. The van der Waals surface area contributed by atoms with Gasteiger partial charge in [0.1, 0.15) is 5.70 Å². The summed E-state index contributed by atoms with van der Waals surface area (Å²) in [5.74, 6) is -0.780. The van der Waals surface area contributed by atoms with Crippen LogP contribution in [0.3, 0.4) is 0 Å². The Labute approximate surface area is 203 Å². The van der Waals surface area contributed by atoms with Gasteiger partial charge in [0.2, 0.25) is 0 Å². The first-order valence-electron chi connectivity index (χ1n) is 11.1. The van der Waals surface area contributed by atoms with E-state index in [4.69, 9.17) is 11.6 Å². The first kappa shape index (κ1) is 21.9. The molecule has 2 amide bonds. The summed E-state index contributed by atoms with van der Waals surface area (Å²) in [5, 5.41) is 5.83. The first-order valence-corrected chi connectivity index (χ1v) is 11.4. The fourth-order valence-corrected chi connectivity index (χ4v) is 4.51. The van der Waals surface area contributed by atoms with Crippen molar-refractivity contribution in [1.82, 2.24) is 0 Å². The highest BCUT2D eigenvalue weighted by molar-refractivity contribution is 6.46. The molecule has 4 nitrogen and oxygen atoms in total. The van der Waals surface area contributed by atoms with E-state index in [9.17, 15) is 9.59 Å². The van der Waals surface area contributed by atoms with E-state index < -0.39 is 5.91 Å². The number of fused-ring (bicyclic) bond motifs is 1. The van der Waals surface area contributed by atoms with Crippen LogP contribution in [0.4, 0.5) is 11.4 Å². The molecule has 5 rings (SSSR count). The van der Waals surface area contributed by atoms with E-state index in [0.717, 1.165) is 27.6 Å². The zero-order chi connectivity index (χ0) is 24.0. The number of rotatable bonds is 4. The highest BCUT2D eigenvalue weighted by atomic mass is 35.5. The maximum Gasteiger partial charge on any atom is 0.282 e. The molecule has 0 aliphatic carbocycles. The minimum absolute atomic E-state index is 0.254. The summed E-state index contributed by atoms with van der Waals surface area (Å²) in [7, 11) is 0. The summed E-state index contributed by atoms with van der Waals surface area (Å²) in [6, 6.07) is 24.9. The van der Waals surface area contributed by atoms with Gasteiger partial charge < -0.3 is 5.32 Å². The Kier molecular flexibility index (Phi) is 5.46. The Balaban J connectivity index is 1.70. The smallest absolute Gasteiger partial charge is 0.282 e. The van der Waals surface area contributed by atoms with Crippen LogP contribution in [0, 0.1) is 20.8 Å². The summed E-state index contributed by atoms with van der Waals surface area (Å²) in [4.78, 5) is 28.8. The van der Waals surface area contributed by atoms with Gasteiger partial charge in [-0.15, -0.1) is 0 Å². The van der Waals surface area contributed by atoms with E-state index in [-0.39, 0.29) is 11.6 Å². The van der Waals surface area contributed by atoms with Crippen molar-refractivity contribution in [3.05, 3.63) is 112 Å². The number of benzene rings is 4. The van der Waals surface area contributed by atoms with Crippen LogP contribution >= 0.6 is 11.6 Å². The molecule has 4 aromatic rings. The van der Waals surface area contributed by atoms with Crippen LogP contribution in [-0.4, -0.2) is 11.8 Å². The molecular weight excluding hydrogens is 444 g/mol. The van der Waals surface area contributed by atoms with Gasteiger partial charge >= 0.3 is 0 Å². The van der Waals surface area contributed by atoms with Crippen LogP contribution in [0.25, 0.3) is 16.3 Å². The van der Waals surface area contributed by atoms with Crippen LogP contribution in [0.5, 0.6) is 0 Å².